The summed E-state index contributed by atoms with van der Waals surface area (Å²) < 4.78 is 4.93. The molecule has 2 fully saturated rings. The Labute approximate surface area is 177 Å². The zero-order valence-electron chi connectivity index (χ0n) is 17.8. The summed E-state index contributed by atoms with van der Waals surface area (Å²) in [5, 5.41) is 12.8. The van der Waals surface area contributed by atoms with Crippen molar-refractivity contribution in [3.05, 3.63) is 35.9 Å². The summed E-state index contributed by atoms with van der Waals surface area (Å²) in [7, 11) is 1.33. The van der Waals surface area contributed by atoms with Crippen molar-refractivity contribution in [3.8, 4) is 0 Å². The van der Waals surface area contributed by atoms with Crippen LogP contribution in [0.3, 0.4) is 0 Å². The molecule has 7 heteroatoms. The number of carbonyl (C=O) groups excluding carboxylic acids is 2. The SMILES string of the molecule is COC(=O)C(CCc1ccccc1)N[C@@H](C)C(=O)N1C2CCCCC2C[C@H]1C(=O)O. The summed E-state index contributed by atoms with van der Waals surface area (Å²) in [6.45, 7) is 1.70. The first kappa shape index (κ1) is 22.3. The van der Waals surface area contributed by atoms with E-state index >= 15 is 0 Å². The van der Waals surface area contributed by atoms with Gasteiger partial charge in [0.05, 0.1) is 13.2 Å². The van der Waals surface area contributed by atoms with E-state index in [1.54, 1.807) is 11.8 Å². The van der Waals surface area contributed by atoms with Crippen molar-refractivity contribution in [2.75, 3.05) is 7.11 Å². The molecule has 1 saturated carbocycles. The number of carbonyl (C=O) groups is 3. The molecule has 0 radical (unpaired) electrons. The van der Waals surface area contributed by atoms with Crippen molar-refractivity contribution in [3.63, 3.8) is 0 Å². The fraction of sp³-hybridized carbons (Fsp3) is 0.609. The summed E-state index contributed by atoms with van der Waals surface area (Å²) >= 11 is 0. The highest BCUT2D eigenvalue weighted by Gasteiger charge is 2.48. The van der Waals surface area contributed by atoms with Gasteiger partial charge in [0.25, 0.3) is 0 Å². The molecule has 0 spiro atoms. The van der Waals surface area contributed by atoms with Crippen LogP contribution in [-0.4, -0.2) is 59.1 Å². The summed E-state index contributed by atoms with van der Waals surface area (Å²) in [4.78, 5) is 39.0. The number of carboxylic acids is 1. The van der Waals surface area contributed by atoms with Crippen molar-refractivity contribution < 1.29 is 24.2 Å². The van der Waals surface area contributed by atoms with Crippen LogP contribution in [0.4, 0.5) is 0 Å². The Balaban J connectivity index is 1.68. The van der Waals surface area contributed by atoms with Gasteiger partial charge in [-0.25, -0.2) is 4.79 Å². The topological polar surface area (TPSA) is 95.9 Å². The molecule has 7 nitrogen and oxygen atoms in total. The van der Waals surface area contributed by atoms with Gasteiger partial charge in [0.2, 0.25) is 5.91 Å². The molecule has 0 aromatic heterocycles. The number of aliphatic carboxylic acids is 1. The number of hydrogen-bond acceptors (Lipinski definition) is 5. The third kappa shape index (κ3) is 5.01. The molecule has 30 heavy (non-hydrogen) atoms. The van der Waals surface area contributed by atoms with E-state index in [2.05, 4.69) is 5.32 Å². The number of nitrogens with one attached hydrogen (secondary N) is 1. The fourth-order valence-electron chi connectivity index (χ4n) is 4.96. The van der Waals surface area contributed by atoms with E-state index in [1.807, 2.05) is 30.3 Å². The number of nitrogens with zero attached hydrogens (tertiary/aromatic N) is 1. The lowest BCUT2D eigenvalue weighted by atomic mass is 9.84. The van der Waals surface area contributed by atoms with Crippen molar-refractivity contribution in [1.29, 1.82) is 0 Å². The molecule has 1 aliphatic heterocycles. The van der Waals surface area contributed by atoms with Crippen LogP contribution < -0.4 is 5.32 Å². The first-order valence-electron chi connectivity index (χ1n) is 10.8. The van der Waals surface area contributed by atoms with E-state index in [9.17, 15) is 19.5 Å². The van der Waals surface area contributed by atoms with Crippen LogP contribution in [0.15, 0.2) is 30.3 Å². The molecule has 1 heterocycles. The van der Waals surface area contributed by atoms with Crippen LogP contribution in [-0.2, 0) is 25.5 Å². The quantitative estimate of drug-likeness (QED) is 0.632. The number of aryl methyl sites for hydroxylation is 1. The Morgan fingerprint density at radius 3 is 2.57 bits per heavy atom. The lowest BCUT2D eigenvalue weighted by Crippen LogP contribution is -2.55. The summed E-state index contributed by atoms with van der Waals surface area (Å²) in [5.41, 5.74) is 1.10. The largest absolute Gasteiger partial charge is 0.480 e. The molecule has 3 rings (SSSR count). The third-order valence-corrected chi connectivity index (χ3v) is 6.50. The van der Waals surface area contributed by atoms with Crippen molar-refractivity contribution in [2.45, 2.75) is 76.0 Å². The molecule has 1 aromatic carbocycles. The average Bonchev–Trinajstić information content (AvgIpc) is 3.16. The lowest BCUT2D eigenvalue weighted by molar-refractivity contribution is -0.151. The summed E-state index contributed by atoms with van der Waals surface area (Å²) in [6, 6.07) is 7.71. The highest BCUT2D eigenvalue weighted by Crippen LogP contribution is 2.40. The third-order valence-electron chi connectivity index (χ3n) is 6.50. The first-order chi connectivity index (χ1) is 14.4. The first-order valence-corrected chi connectivity index (χ1v) is 10.8. The molecule has 5 atom stereocenters. The van der Waals surface area contributed by atoms with Gasteiger partial charge in [0.1, 0.15) is 12.1 Å². The number of benzene rings is 1. The molecule has 0 bridgehead atoms. The Bertz CT molecular complexity index is 753. The number of carboxylic acid groups (broad SMARTS) is 1. The maximum atomic E-state index is 13.3. The number of rotatable bonds is 8. The molecular formula is C23H32N2O5. The van der Waals surface area contributed by atoms with Gasteiger partial charge in [-0.1, -0.05) is 43.2 Å². The van der Waals surface area contributed by atoms with E-state index in [-0.39, 0.29) is 17.9 Å². The Morgan fingerprint density at radius 1 is 1.20 bits per heavy atom. The molecular weight excluding hydrogens is 384 g/mol. The number of fused-ring (bicyclic) bond motifs is 1. The maximum Gasteiger partial charge on any atom is 0.326 e. The van der Waals surface area contributed by atoms with Gasteiger partial charge in [0, 0.05) is 6.04 Å². The van der Waals surface area contributed by atoms with Crippen LogP contribution in [0.1, 0.15) is 51.0 Å². The molecule has 1 amide bonds. The molecule has 2 aliphatic rings. The zero-order chi connectivity index (χ0) is 21.7. The number of likely N-dealkylation sites (tertiary alicyclic amines) is 1. The summed E-state index contributed by atoms with van der Waals surface area (Å²) in [5.74, 6) is -1.35. The number of esters is 1. The standard InChI is InChI=1S/C23H32N2O5/c1-15(24-18(23(29)30-2)13-12-16-8-4-3-5-9-16)21(26)25-19-11-7-6-10-17(19)14-20(25)22(27)28/h3-5,8-9,15,17-20,24H,6-7,10-14H2,1-2H3,(H,27,28)/t15-,17?,18?,19?,20-/m0/s1. The number of amides is 1. The number of methoxy groups -OCH3 is 1. The minimum Gasteiger partial charge on any atom is -0.480 e. The van der Waals surface area contributed by atoms with Crippen LogP contribution in [0.5, 0.6) is 0 Å². The van der Waals surface area contributed by atoms with E-state index in [0.717, 1.165) is 31.2 Å². The highest BCUT2D eigenvalue weighted by molar-refractivity contribution is 5.88. The Kier molecular flexibility index (Phi) is 7.48. The monoisotopic (exact) mass is 416 g/mol. The predicted octanol–water partition coefficient (Wildman–Crippen LogP) is 2.38. The highest BCUT2D eigenvalue weighted by atomic mass is 16.5. The second kappa shape index (κ2) is 10.1. The molecule has 3 unspecified atom stereocenters. The zero-order valence-corrected chi connectivity index (χ0v) is 17.8. The van der Waals surface area contributed by atoms with Crippen molar-refractivity contribution in [1.82, 2.24) is 10.2 Å². The molecule has 2 N–H and O–H groups in total. The molecule has 164 valence electrons. The molecule has 1 saturated heterocycles. The minimum atomic E-state index is -0.946. The van der Waals surface area contributed by atoms with Crippen LogP contribution in [0.2, 0.25) is 0 Å². The number of hydrogen-bond donors (Lipinski definition) is 2. The van der Waals surface area contributed by atoms with Crippen LogP contribution in [0, 0.1) is 5.92 Å². The van der Waals surface area contributed by atoms with Gasteiger partial charge in [-0.2, -0.15) is 0 Å². The Morgan fingerprint density at radius 2 is 1.90 bits per heavy atom. The van der Waals surface area contributed by atoms with Crippen molar-refractivity contribution >= 4 is 17.8 Å². The number of ether oxygens (including phenoxy) is 1. The van der Waals surface area contributed by atoms with Crippen LogP contribution in [0.25, 0.3) is 0 Å². The fourth-order valence-corrected chi connectivity index (χ4v) is 4.96. The van der Waals surface area contributed by atoms with Gasteiger partial charge in [-0.05, 0) is 50.5 Å². The maximum absolute atomic E-state index is 13.3. The van der Waals surface area contributed by atoms with E-state index < -0.39 is 30.1 Å². The van der Waals surface area contributed by atoms with E-state index in [4.69, 9.17) is 4.74 Å². The second-order valence-corrected chi connectivity index (χ2v) is 8.44. The Hall–Kier alpha value is -2.41. The second-order valence-electron chi connectivity index (χ2n) is 8.44. The van der Waals surface area contributed by atoms with Gasteiger partial charge >= 0.3 is 11.9 Å². The van der Waals surface area contributed by atoms with Gasteiger partial charge < -0.3 is 14.7 Å². The average molecular weight is 417 g/mol. The smallest absolute Gasteiger partial charge is 0.326 e. The predicted molar refractivity (Wildman–Crippen MR) is 112 cm³/mol. The van der Waals surface area contributed by atoms with E-state index in [1.165, 1.54) is 7.11 Å². The van der Waals surface area contributed by atoms with Crippen molar-refractivity contribution in [2.24, 2.45) is 5.92 Å². The minimum absolute atomic E-state index is 0.0162. The summed E-state index contributed by atoms with van der Waals surface area (Å²) in [6.07, 6.45) is 5.60. The molecule has 1 aromatic rings. The molecule has 1 aliphatic carbocycles. The van der Waals surface area contributed by atoms with Crippen LogP contribution >= 0.6 is 0 Å². The van der Waals surface area contributed by atoms with Gasteiger partial charge in [0.15, 0.2) is 0 Å². The normalized spacial score (nSPS) is 25.3. The lowest BCUT2D eigenvalue weighted by Gasteiger charge is -2.35. The van der Waals surface area contributed by atoms with Gasteiger partial charge in [-0.3, -0.25) is 14.9 Å². The van der Waals surface area contributed by atoms with Gasteiger partial charge in [-0.15, -0.1) is 0 Å². The van der Waals surface area contributed by atoms with E-state index in [0.29, 0.717) is 19.3 Å².